The first-order valence-electron chi connectivity index (χ1n) is 12.2. The van der Waals surface area contributed by atoms with Gasteiger partial charge in [0.1, 0.15) is 10.8 Å². The molecule has 0 saturated carbocycles. The number of aromatic nitrogens is 5. The van der Waals surface area contributed by atoms with Crippen molar-refractivity contribution in [2.75, 3.05) is 12.0 Å². The zero-order chi connectivity index (χ0) is 28.4. The van der Waals surface area contributed by atoms with Crippen molar-refractivity contribution in [2.24, 2.45) is 10.8 Å². The van der Waals surface area contributed by atoms with Crippen molar-refractivity contribution in [3.8, 4) is 5.75 Å². The number of methoxy groups -OCH3 is 1. The zero-order valence-corrected chi connectivity index (χ0v) is 24.0. The molecule has 0 atom stereocenters. The summed E-state index contributed by atoms with van der Waals surface area (Å²) < 4.78 is 6.84. The third kappa shape index (κ3) is 4.24. The van der Waals surface area contributed by atoms with Crippen LogP contribution >= 0.6 is 11.8 Å². The van der Waals surface area contributed by atoms with Crippen LogP contribution in [0.3, 0.4) is 0 Å². The van der Waals surface area contributed by atoms with E-state index in [1.54, 1.807) is 29.8 Å². The lowest BCUT2D eigenvalue weighted by Crippen LogP contribution is -2.53. The number of ether oxygens (including phenoxy) is 1. The van der Waals surface area contributed by atoms with E-state index in [9.17, 15) is 19.8 Å². The number of hydrogen-bond donors (Lipinski definition) is 2. The summed E-state index contributed by atoms with van der Waals surface area (Å²) in [7, 11) is 1.61. The van der Waals surface area contributed by atoms with E-state index < -0.39 is 18.1 Å². The van der Waals surface area contributed by atoms with Crippen molar-refractivity contribution >= 4 is 40.9 Å². The summed E-state index contributed by atoms with van der Waals surface area (Å²) >= 11 is 1.54. The lowest BCUT2D eigenvalue weighted by molar-refractivity contribution is 0.138. The molecule has 38 heavy (non-hydrogen) atoms. The molecule has 4 heterocycles. The summed E-state index contributed by atoms with van der Waals surface area (Å²) in [6.45, 7) is 17.1. The maximum Gasteiger partial charge on any atom is 0.424 e. The fourth-order valence-corrected chi connectivity index (χ4v) is 7.12. The number of carbonyl (C=O) groups is 2. The van der Waals surface area contributed by atoms with Crippen molar-refractivity contribution in [3.05, 3.63) is 28.7 Å². The molecular formula is C26H34N6O5S. The summed E-state index contributed by atoms with van der Waals surface area (Å²) in [4.78, 5) is 37.4. The topological polar surface area (TPSA) is 144 Å². The van der Waals surface area contributed by atoms with Crippen LogP contribution in [0.5, 0.6) is 5.75 Å². The predicted octanol–water partition coefficient (Wildman–Crippen LogP) is 5.54. The van der Waals surface area contributed by atoms with Crippen LogP contribution < -0.4 is 9.64 Å². The normalized spacial score (nSPS) is 15.0. The molecule has 204 valence electrons. The van der Waals surface area contributed by atoms with Gasteiger partial charge in [-0.2, -0.15) is 10.1 Å². The smallest absolute Gasteiger partial charge is 0.424 e. The summed E-state index contributed by atoms with van der Waals surface area (Å²) in [5.74, 6) is 0.294. The summed E-state index contributed by atoms with van der Waals surface area (Å²) in [5.41, 5.74) is 3.19. The van der Waals surface area contributed by atoms with Gasteiger partial charge in [-0.05, 0) is 24.7 Å². The van der Waals surface area contributed by atoms with E-state index in [1.165, 1.54) is 0 Å². The van der Waals surface area contributed by atoms with Crippen molar-refractivity contribution in [1.82, 2.24) is 24.7 Å². The van der Waals surface area contributed by atoms with E-state index in [2.05, 4.69) is 56.5 Å². The number of imide groups is 1. The standard InChI is InChI=1S/C26H34N6O5S/c1-13-11-27-16(14(2)18(13)37-9)12-31-19-17-15(30-31)10-26(24(3,4)5,25(6,7)8)38-20(17)29-21(28-19)32(22(33)34)23(35)36/h11H,10,12H2,1-9H3,(H,33,34)(H,35,36). The maximum atomic E-state index is 11.9. The number of thioether (sulfide) groups is 1. The highest BCUT2D eigenvalue weighted by Crippen LogP contribution is 2.60. The van der Waals surface area contributed by atoms with Crippen LogP contribution in [0, 0.1) is 24.7 Å². The maximum absolute atomic E-state index is 11.9. The van der Waals surface area contributed by atoms with Crippen molar-refractivity contribution in [1.29, 1.82) is 0 Å². The highest BCUT2D eigenvalue weighted by atomic mass is 32.2. The van der Waals surface area contributed by atoms with Gasteiger partial charge in [-0.3, -0.25) is 4.98 Å². The summed E-state index contributed by atoms with van der Waals surface area (Å²) in [6, 6.07) is 0. The van der Waals surface area contributed by atoms with Gasteiger partial charge >= 0.3 is 12.2 Å². The molecule has 1 aliphatic rings. The molecule has 1 aliphatic heterocycles. The second kappa shape index (κ2) is 9.11. The van der Waals surface area contributed by atoms with Crippen molar-refractivity contribution in [2.45, 2.75) is 78.1 Å². The monoisotopic (exact) mass is 542 g/mol. The highest BCUT2D eigenvalue weighted by molar-refractivity contribution is 8.01. The van der Waals surface area contributed by atoms with Gasteiger partial charge in [0.15, 0.2) is 5.65 Å². The number of anilines is 1. The van der Waals surface area contributed by atoms with E-state index in [0.29, 0.717) is 28.2 Å². The minimum atomic E-state index is -1.69. The van der Waals surface area contributed by atoms with Crippen LogP contribution in [0.4, 0.5) is 15.5 Å². The van der Waals surface area contributed by atoms with Crippen LogP contribution in [0.15, 0.2) is 11.2 Å². The van der Waals surface area contributed by atoms with E-state index >= 15 is 0 Å². The average molecular weight is 543 g/mol. The van der Waals surface area contributed by atoms with Gasteiger partial charge in [-0.25, -0.2) is 19.3 Å². The second-order valence-corrected chi connectivity index (χ2v) is 13.0. The minimum Gasteiger partial charge on any atom is -0.496 e. The average Bonchev–Trinajstić information content (AvgIpc) is 3.12. The van der Waals surface area contributed by atoms with Gasteiger partial charge in [0.2, 0.25) is 5.95 Å². The Kier molecular flexibility index (Phi) is 6.62. The molecule has 0 bridgehead atoms. The van der Waals surface area contributed by atoms with Crippen LogP contribution in [0.2, 0.25) is 0 Å². The molecule has 11 nitrogen and oxygen atoms in total. The Morgan fingerprint density at radius 3 is 2.24 bits per heavy atom. The molecule has 4 rings (SSSR count). The molecule has 3 aromatic rings. The van der Waals surface area contributed by atoms with Gasteiger partial charge < -0.3 is 14.9 Å². The van der Waals surface area contributed by atoms with Crippen molar-refractivity contribution in [3.63, 3.8) is 0 Å². The first-order chi connectivity index (χ1) is 17.5. The van der Waals surface area contributed by atoms with Gasteiger partial charge in [0.05, 0.1) is 30.4 Å². The van der Waals surface area contributed by atoms with Crippen molar-refractivity contribution < 1.29 is 24.5 Å². The molecule has 0 fully saturated rings. The second-order valence-electron chi connectivity index (χ2n) is 11.7. The highest BCUT2D eigenvalue weighted by Gasteiger charge is 2.54. The number of nitrogens with zero attached hydrogens (tertiary/aromatic N) is 6. The number of carboxylic acid groups (broad SMARTS) is 2. The molecule has 0 unspecified atom stereocenters. The number of pyridine rings is 1. The summed E-state index contributed by atoms with van der Waals surface area (Å²) in [5, 5.41) is 25.5. The number of aryl methyl sites for hydroxylation is 1. The Balaban J connectivity index is 2.00. The molecule has 2 N–H and O–H groups in total. The van der Waals surface area contributed by atoms with Gasteiger partial charge in [-0.15, -0.1) is 4.90 Å². The molecule has 0 saturated heterocycles. The third-order valence-corrected chi connectivity index (χ3v) is 9.57. The van der Waals surface area contributed by atoms with E-state index in [-0.39, 0.29) is 27.0 Å². The number of rotatable bonds is 4. The summed E-state index contributed by atoms with van der Waals surface area (Å²) in [6.07, 6.45) is -1.01. The van der Waals surface area contributed by atoms with Crippen LogP contribution in [-0.2, 0) is 13.0 Å². The molecule has 3 aromatic heterocycles. The Labute approximate surface area is 225 Å². The van der Waals surface area contributed by atoms with E-state index in [1.807, 2.05) is 13.8 Å². The largest absolute Gasteiger partial charge is 0.496 e. The van der Waals surface area contributed by atoms with Crippen LogP contribution in [-0.4, -0.2) is 59.0 Å². The SMILES string of the molecule is COc1c(C)cnc(Cn2nc3c4c(nc(N(C(=O)O)C(=O)O)nc42)SC(C(C)(C)C)(C(C)(C)C)C3)c1C. The Hall–Kier alpha value is -3.41. The van der Waals surface area contributed by atoms with Gasteiger partial charge in [0, 0.05) is 28.5 Å². The number of amides is 2. The Morgan fingerprint density at radius 1 is 1.11 bits per heavy atom. The fourth-order valence-electron chi connectivity index (χ4n) is 5.53. The molecule has 0 aliphatic carbocycles. The van der Waals surface area contributed by atoms with Crippen LogP contribution in [0.25, 0.3) is 11.0 Å². The first kappa shape index (κ1) is 27.6. The molecule has 0 radical (unpaired) electrons. The van der Waals surface area contributed by atoms with Gasteiger partial charge in [-0.1, -0.05) is 53.3 Å². The zero-order valence-electron chi connectivity index (χ0n) is 23.2. The quantitative estimate of drug-likeness (QED) is 0.403. The molecule has 12 heteroatoms. The van der Waals surface area contributed by atoms with E-state index in [0.717, 1.165) is 22.6 Å². The lowest BCUT2D eigenvalue weighted by atomic mass is 9.63. The number of hydrogen-bond acceptors (Lipinski definition) is 8. The van der Waals surface area contributed by atoms with Crippen LogP contribution in [0.1, 0.15) is 64.1 Å². The molecular weight excluding hydrogens is 508 g/mol. The minimum absolute atomic E-state index is 0.135. The predicted molar refractivity (Wildman–Crippen MR) is 144 cm³/mol. The van der Waals surface area contributed by atoms with E-state index in [4.69, 9.17) is 9.84 Å². The molecule has 0 aromatic carbocycles. The fraction of sp³-hybridized carbons (Fsp3) is 0.538. The Bertz CT molecular complexity index is 1430. The third-order valence-electron chi connectivity index (χ3n) is 7.36. The molecule has 2 amide bonds. The van der Waals surface area contributed by atoms with Gasteiger partial charge in [0.25, 0.3) is 0 Å². The Morgan fingerprint density at radius 2 is 1.71 bits per heavy atom. The molecule has 0 spiro atoms. The first-order valence-corrected chi connectivity index (χ1v) is 13.1. The lowest BCUT2D eigenvalue weighted by Gasteiger charge is -2.54.